The zero-order chi connectivity index (χ0) is 32.8. The fourth-order valence-electron chi connectivity index (χ4n) is 5.56. The Morgan fingerprint density at radius 2 is 1.74 bits per heavy atom. The van der Waals surface area contributed by atoms with E-state index in [0.717, 1.165) is 16.7 Å². The molecule has 13 heteroatoms. The molecule has 1 atom stereocenters. The van der Waals surface area contributed by atoms with Crippen molar-refractivity contribution in [2.45, 2.75) is 32.4 Å². The molecule has 240 valence electrons. The molecule has 0 unspecified atom stereocenters. The van der Waals surface area contributed by atoms with E-state index in [4.69, 9.17) is 18.9 Å². The van der Waals surface area contributed by atoms with Gasteiger partial charge in [0.15, 0.2) is 23.1 Å². The van der Waals surface area contributed by atoms with E-state index in [1.165, 1.54) is 20.1 Å². The minimum atomic E-state index is -0.441. The summed E-state index contributed by atoms with van der Waals surface area (Å²) in [4.78, 5) is 42.9. The first-order chi connectivity index (χ1) is 22.3. The molecule has 13 nitrogen and oxygen atoms in total. The Labute approximate surface area is 265 Å². The lowest BCUT2D eigenvalue weighted by atomic mass is 9.95. The number of aromatic amines is 1. The molecule has 5 rings (SSSR count). The highest BCUT2D eigenvalue weighted by Gasteiger charge is 2.29. The normalized spacial score (nSPS) is 13.5. The molecular weight excluding hydrogens is 592 g/mol. The summed E-state index contributed by atoms with van der Waals surface area (Å²) in [5, 5.41) is 15.8. The van der Waals surface area contributed by atoms with Crippen LogP contribution in [-0.2, 0) is 27.4 Å². The molecule has 2 amide bonds. The van der Waals surface area contributed by atoms with Gasteiger partial charge in [0.25, 0.3) is 0 Å². The topological polar surface area (TPSA) is 166 Å². The average molecular weight is 629 g/mol. The van der Waals surface area contributed by atoms with Crippen LogP contribution in [0.2, 0.25) is 0 Å². The van der Waals surface area contributed by atoms with Gasteiger partial charge in [-0.05, 0) is 72.0 Å². The van der Waals surface area contributed by atoms with Crippen molar-refractivity contribution in [1.82, 2.24) is 20.5 Å². The monoisotopic (exact) mass is 628 g/mol. The first-order valence-corrected chi connectivity index (χ1v) is 14.6. The Bertz CT molecular complexity index is 1810. The Morgan fingerprint density at radius 3 is 2.41 bits per heavy atom. The third kappa shape index (κ3) is 6.79. The molecule has 46 heavy (non-hydrogen) atoms. The Kier molecular flexibility index (Phi) is 9.82. The predicted octanol–water partition coefficient (Wildman–Crippen LogP) is 3.85. The number of carbonyl (C=O) groups is 2. The molecule has 0 saturated heterocycles. The van der Waals surface area contributed by atoms with Gasteiger partial charge in [-0.2, -0.15) is 5.10 Å². The largest absolute Gasteiger partial charge is 0.493 e. The van der Waals surface area contributed by atoms with Crippen molar-refractivity contribution in [2.24, 2.45) is 0 Å². The summed E-state index contributed by atoms with van der Waals surface area (Å²) < 4.78 is 22.1. The lowest BCUT2D eigenvalue weighted by Gasteiger charge is -2.19. The summed E-state index contributed by atoms with van der Waals surface area (Å²) in [6.07, 6.45) is 1.12. The number of hydrogen-bond donors (Lipinski definition) is 4. The van der Waals surface area contributed by atoms with Gasteiger partial charge in [-0.15, -0.1) is 0 Å². The number of amides is 2. The van der Waals surface area contributed by atoms with Crippen LogP contribution in [0.15, 0.2) is 53.3 Å². The highest BCUT2D eigenvalue weighted by Crippen LogP contribution is 2.50. The summed E-state index contributed by atoms with van der Waals surface area (Å²) in [6.45, 7) is 1.60. The number of benzene rings is 2. The molecular formula is C33H36N6O7. The number of nitrogens with zero attached hydrogens (tertiary/aromatic N) is 2. The van der Waals surface area contributed by atoms with Gasteiger partial charge in [0.2, 0.25) is 23.0 Å². The second-order valence-corrected chi connectivity index (χ2v) is 10.6. The van der Waals surface area contributed by atoms with E-state index in [-0.39, 0.29) is 29.5 Å². The lowest BCUT2D eigenvalue weighted by Crippen LogP contribution is -2.27. The number of fused-ring (bicyclic) bond motifs is 3. The van der Waals surface area contributed by atoms with E-state index in [1.54, 1.807) is 57.7 Å². The molecule has 0 bridgehead atoms. The number of aromatic nitrogens is 3. The second-order valence-electron chi connectivity index (χ2n) is 10.6. The van der Waals surface area contributed by atoms with Crippen molar-refractivity contribution in [3.63, 3.8) is 0 Å². The second kappa shape index (κ2) is 14.1. The van der Waals surface area contributed by atoms with Gasteiger partial charge < -0.3 is 34.9 Å². The number of methoxy groups -OCH3 is 4. The molecule has 1 heterocycles. The maximum absolute atomic E-state index is 13.5. The summed E-state index contributed by atoms with van der Waals surface area (Å²) in [5.41, 5.74) is 4.21. The Hall–Kier alpha value is -5.43. The SMILES string of the molecule is COCc1nc(-c2ccc(NC(=O)CNc3ccc4c(cc3=O)[C@@H](NC(C)=O)CCc3cc(OC)c(OC)c(OC)c3-4)cc2)n[nH]1. The van der Waals surface area contributed by atoms with Gasteiger partial charge in [0.1, 0.15) is 6.61 Å². The number of hydrogen-bond acceptors (Lipinski definition) is 10. The van der Waals surface area contributed by atoms with Crippen LogP contribution < -0.4 is 35.6 Å². The quantitative estimate of drug-likeness (QED) is 0.192. The number of anilines is 2. The van der Waals surface area contributed by atoms with Crippen LogP contribution in [0, 0.1) is 0 Å². The Balaban J connectivity index is 1.40. The van der Waals surface area contributed by atoms with Crippen LogP contribution in [0.1, 0.15) is 36.3 Å². The molecule has 1 aromatic heterocycles. The molecule has 4 aromatic rings. The van der Waals surface area contributed by atoms with Gasteiger partial charge in [-0.3, -0.25) is 19.5 Å². The zero-order valence-corrected chi connectivity index (χ0v) is 26.3. The Morgan fingerprint density at radius 1 is 0.978 bits per heavy atom. The van der Waals surface area contributed by atoms with Crippen LogP contribution in [0.25, 0.3) is 22.5 Å². The fourth-order valence-corrected chi connectivity index (χ4v) is 5.56. The third-order valence-electron chi connectivity index (χ3n) is 7.60. The molecule has 4 N–H and O–H groups in total. The molecule has 3 aromatic carbocycles. The first-order valence-electron chi connectivity index (χ1n) is 14.6. The minimum absolute atomic E-state index is 0.160. The molecule has 0 saturated carbocycles. The van der Waals surface area contributed by atoms with E-state index in [2.05, 4.69) is 31.1 Å². The van der Waals surface area contributed by atoms with Crippen molar-refractivity contribution in [2.75, 3.05) is 45.6 Å². The van der Waals surface area contributed by atoms with Gasteiger partial charge in [0, 0.05) is 30.8 Å². The summed E-state index contributed by atoms with van der Waals surface area (Å²) in [5.74, 6) is 1.95. The van der Waals surface area contributed by atoms with Crippen LogP contribution in [0.4, 0.5) is 11.4 Å². The number of nitrogens with one attached hydrogen (secondary N) is 4. The highest BCUT2D eigenvalue weighted by molar-refractivity contribution is 5.94. The third-order valence-corrected chi connectivity index (χ3v) is 7.60. The average Bonchev–Trinajstić information content (AvgIpc) is 3.39. The maximum atomic E-state index is 13.5. The maximum Gasteiger partial charge on any atom is 0.243 e. The molecule has 0 aliphatic heterocycles. The molecule has 1 aliphatic carbocycles. The van der Waals surface area contributed by atoms with Gasteiger partial charge in [-0.25, -0.2) is 4.98 Å². The standard InChI is InChI=1S/C33H36N6O7/c1-18(40)35-24-12-8-20-14-27(44-3)31(45-4)32(46-5)30(20)22-11-13-25(26(41)15-23(22)24)34-16-29(42)36-21-9-6-19(7-10-21)33-37-28(17-43-2)38-39-33/h6-7,9-11,13-15,24H,8,12,16-17H2,1-5H3,(H,34,41)(H,35,40)(H,36,42)(H,37,38,39)/t24-/m0/s1. The first kappa shape index (κ1) is 32.0. The van der Waals surface area contributed by atoms with Crippen LogP contribution in [0.3, 0.4) is 0 Å². The predicted molar refractivity (Wildman–Crippen MR) is 172 cm³/mol. The number of carbonyl (C=O) groups excluding carboxylic acids is 2. The van der Waals surface area contributed by atoms with Crippen molar-refractivity contribution >= 4 is 23.2 Å². The molecule has 0 spiro atoms. The van der Waals surface area contributed by atoms with E-state index in [9.17, 15) is 14.4 Å². The van der Waals surface area contributed by atoms with Crippen molar-refractivity contribution in [3.05, 3.63) is 75.7 Å². The van der Waals surface area contributed by atoms with Crippen LogP contribution >= 0.6 is 0 Å². The fraction of sp³-hybridized carbons (Fsp3) is 0.303. The van der Waals surface area contributed by atoms with E-state index in [1.807, 2.05) is 6.07 Å². The smallest absolute Gasteiger partial charge is 0.243 e. The van der Waals surface area contributed by atoms with Gasteiger partial charge >= 0.3 is 0 Å². The number of aryl methyl sites for hydroxylation is 1. The van der Waals surface area contributed by atoms with Crippen molar-refractivity contribution < 1.29 is 28.5 Å². The van der Waals surface area contributed by atoms with Gasteiger partial charge in [0.05, 0.1) is 39.6 Å². The van der Waals surface area contributed by atoms with Crippen molar-refractivity contribution in [3.8, 4) is 39.8 Å². The molecule has 1 aliphatic rings. The van der Waals surface area contributed by atoms with E-state index < -0.39 is 6.04 Å². The number of ether oxygens (including phenoxy) is 4. The number of H-pyrrole nitrogens is 1. The summed E-state index contributed by atoms with van der Waals surface area (Å²) in [6, 6.07) is 13.5. The highest BCUT2D eigenvalue weighted by atomic mass is 16.5. The van der Waals surface area contributed by atoms with Crippen LogP contribution in [0.5, 0.6) is 17.2 Å². The summed E-state index contributed by atoms with van der Waals surface area (Å²) in [7, 11) is 6.20. The minimum Gasteiger partial charge on any atom is -0.493 e. The van der Waals surface area contributed by atoms with E-state index >= 15 is 0 Å². The summed E-state index contributed by atoms with van der Waals surface area (Å²) >= 11 is 0. The molecule has 0 fully saturated rings. The zero-order valence-electron chi connectivity index (χ0n) is 26.3. The lowest BCUT2D eigenvalue weighted by molar-refractivity contribution is -0.119. The van der Waals surface area contributed by atoms with Crippen LogP contribution in [-0.4, -0.2) is 62.0 Å². The number of rotatable bonds is 11. The van der Waals surface area contributed by atoms with Crippen molar-refractivity contribution in [1.29, 1.82) is 0 Å². The van der Waals surface area contributed by atoms with E-state index in [0.29, 0.717) is 65.2 Å². The molecule has 0 radical (unpaired) electrons. The van der Waals surface area contributed by atoms with Gasteiger partial charge in [-0.1, -0.05) is 6.07 Å².